The van der Waals surface area contributed by atoms with Gasteiger partial charge in [0.05, 0.1) is 5.92 Å². The van der Waals surface area contributed by atoms with Crippen LogP contribution >= 0.6 is 0 Å². The summed E-state index contributed by atoms with van der Waals surface area (Å²) in [5, 5.41) is 8.88. The van der Waals surface area contributed by atoms with Crippen molar-refractivity contribution >= 4 is 5.97 Å². The minimum absolute atomic E-state index is 0.374. The lowest BCUT2D eigenvalue weighted by atomic mass is 9.95. The van der Waals surface area contributed by atoms with E-state index in [1.54, 1.807) is 6.92 Å². The summed E-state index contributed by atoms with van der Waals surface area (Å²) in [5.41, 5.74) is 2.03. The first-order valence-corrected chi connectivity index (χ1v) is 4.96. The molecule has 0 aliphatic rings. The number of hydrogen-bond acceptors (Lipinski definition) is 1. The standard InChI is InChI=1S/C12H20O2/c1-9(2)7-5-6-8-11(10(3)4)12(13)14/h7,11H,3,5-6,8H2,1-2,4H3,(H,13,14). The van der Waals surface area contributed by atoms with Crippen LogP contribution in [0.5, 0.6) is 0 Å². The Balaban J connectivity index is 3.90. The molecule has 0 aliphatic heterocycles. The highest BCUT2D eigenvalue weighted by atomic mass is 16.4. The Bertz CT molecular complexity index is 221. The largest absolute Gasteiger partial charge is 0.481 e. The normalized spacial score (nSPS) is 11.9. The van der Waals surface area contributed by atoms with E-state index in [0.717, 1.165) is 18.4 Å². The van der Waals surface area contributed by atoms with E-state index in [2.05, 4.69) is 12.7 Å². The fraction of sp³-hybridized carbons (Fsp3) is 0.583. The van der Waals surface area contributed by atoms with Crippen molar-refractivity contribution in [2.24, 2.45) is 5.92 Å². The van der Waals surface area contributed by atoms with Gasteiger partial charge in [0.15, 0.2) is 0 Å². The third kappa shape index (κ3) is 5.57. The van der Waals surface area contributed by atoms with Crippen molar-refractivity contribution in [3.8, 4) is 0 Å². The summed E-state index contributed by atoms with van der Waals surface area (Å²) in [6, 6.07) is 0. The van der Waals surface area contributed by atoms with E-state index in [1.165, 1.54) is 5.57 Å². The average Bonchev–Trinajstić information content (AvgIpc) is 2.01. The summed E-state index contributed by atoms with van der Waals surface area (Å²) in [7, 11) is 0. The quantitative estimate of drug-likeness (QED) is 0.522. The zero-order valence-corrected chi connectivity index (χ0v) is 9.34. The molecule has 1 unspecified atom stereocenters. The summed E-state index contributed by atoms with van der Waals surface area (Å²) in [5.74, 6) is -1.13. The van der Waals surface area contributed by atoms with Crippen LogP contribution in [0.4, 0.5) is 0 Å². The van der Waals surface area contributed by atoms with Crippen molar-refractivity contribution < 1.29 is 9.90 Å². The number of allylic oxidation sites excluding steroid dienone is 2. The Morgan fingerprint density at radius 3 is 2.36 bits per heavy atom. The van der Waals surface area contributed by atoms with E-state index < -0.39 is 5.97 Å². The summed E-state index contributed by atoms with van der Waals surface area (Å²) >= 11 is 0. The van der Waals surface area contributed by atoms with Crippen LogP contribution in [-0.4, -0.2) is 11.1 Å². The van der Waals surface area contributed by atoms with Gasteiger partial charge in [-0.05, 0) is 40.0 Å². The zero-order valence-electron chi connectivity index (χ0n) is 9.34. The number of carbonyl (C=O) groups is 1. The number of carboxylic acids is 1. The number of unbranched alkanes of at least 4 members (excludes halogenated alkanes) is 1. The Labute approximate surface area is 86.3 Å². The molecule has 2 nitrogen and oxygen atoms in total. The predicted octanol–water partition coefficient (Wildman–Crippen LogP) is 3.40. The van der Waals surface area contributed by atoms with Gasteiger partial charge in [0.1, 0.15) is 0 Å². The predicted molar refractivity (Wildman–Crippen MR) is 59.2 cm³/mol. The van der Waals surface area contributed by atoms with Crippen LogP contribution in [0.15, 0.2) is 23.8 Å². The maximum Gasteiger partial charge on any atom is 0.310 e. The Morgan fingerprint density at radius 2 is 2.00 bits per heavy atom. The van der Waals surface area contributed by atoms with Gasteiger partial charge in [-0.3, -0.25) is 4.79 Å². The lowest BCUT2D eigenvalue weighted by Crippen LogP contribution is -2.14. The summed E-state index contributed by atoms with van der Waals surface area (Å²) in [4.78, 5) is 10.8. The van der Waals surface area contributed by atoms with Gasteiger partial charge in [-0.15, -0.1) is 0 Å². The molecule has 0 aromatic carbocycles. The van der Waals surface area contributed by atoms with Crippen molar-refractivity contribution in [2.45, 2.75) is 40.0 Å². The third-order valence-corrected chi connectivity index (χ3v) is 2.14. The van der Waals surface area contributed by atoms with Crippen LogP contribution in [0.3, 0.4) is 0 Å². The van der Waals surface area contributed by atoms with Gasteiger partial charge in [0, 0.05) is 0 Å². The van der Waals surface area contributed by atoms with Crippen LogP contribution in [-0.2, 0) is 4.79 Å². The molecule has 14 heavy (non-hydrogen) atoms. The highest BCUT2D eigenvalue weighted by molar-refractivity contribution is 5.73. The molecule has 0 saturated carbocycles. The topological polar surface area (TPSA) is 37.3 Å². The molecule has 2 heteroatoms. The van der Waals surface area contributed by atoms with Gasteiger partial charge >= 0.3 is 5.97 Å². The third-order valence-electron chi connectivity index (χ3n) is 2.14. The second-order valence-corrected chi connectivity index (χ2v) is 3.95. The van der Waals surface area contributed by atoms with E-state index in [0.29, 0.717) is 6.42 Å². The summed E-state index contributed by atoms with van der Waals surface area (Å²) < 4.78 is 0. The van der Waals surface area contributed by atoms with Crippen LogP contribution < -0.4 is 0 Å². The molecular formula is C12H20O2. The summed E-state index contributed by atoms with van der Waals surface area (Å²) in [6.45, 7) is 9.57. The van der Waals surface area contributed by atoms with Crippen LogP contribution in [0.2, 0.25) is 0 Å². The van der Waals surface area contributed by atoms with E-state index in [9.17, 15) is 4.79 Å². The Hall–Kier alpha value is -1.05. The van der Waals surface area contributed by atoms with Gasteiger partial charge in [0.25, 0.3) is 0 Å². The van der Waals surface area contributed by atoms with Crippen molar-refractivity contribution in [1.29, 1.82) is 0 Å². The first-order valence-electron chi connectivity index (χ1n) is 4.96. The number of carboxylic acid groups (broad SMARTS) is 1. The molecule has 0 bridgehead atoms. The molecule has 0 spiro atoms. The molecule has 80 valence electrons. The molecular weight excluding hydrogens is 176 g/mol. The molecule has 0 aromatic rings. The Morgan fingerprint density at radius 1 is 1.43 bits per heavy atom. The molecule has 0 saturated heterocycles. The average molecular weight is 196 g/mol. The fourth-order valence-electron chi connectivity index (χ4n) is 1.29. The van der Waals surface area contributed by atoms with Crippen molar-refractivity contribution in [1.82, 2.24) is 0 Å². The molecule has 0 rings (SSSR count). The van der Waals surface area contributed by atoms with Crippen molar-refractivity contribution in [3.63, 3.8) is 0 Å². The molecule has 0 aromatic heterocycles. The maximum atomic E-state index is 10.8. The van der Waals surface area contributed by atoms with Gasteiger partial charge in [-0.1, -0.05) is 23.8 Å². The monoisotopic (exact) mass is 196 g/mol. The van der Waals surface area contributed by atoms with Gasteiger partial charge in [-0.2, -0.15) is 0 Å². The summed E-state index contributed by atoms with van der Waals surface area (Å²) in [6.07, 6.45) is 4.69. The van der Waals surface area contributed by atoms with Crippen LogP contribution in [0.1, 0.15) is 40.0 Å². The molecule has 0 aliphatic carbocycles. The molecule has 0 radical (unpaired) electrons. The second-order valence-electron chi connectivity index (χ2n) is 3.95. The SMILES string of the molecule is C=C(C)C(CCCC=C(C)C)C(=O)O. The first kappa shape index (κ1) is 12.9. The number of hydrogen-bond donors (Lipinski definition) is 1. The fourth-order valence-corrected chi connectivity index (χ4v) is 1.29. The smallest absolute Gasteiger partial charge is 0.310 e. The van der Waals surface area contributed by atoms with Gasteiger partial charge in [-0.25, -0.2) is 0 Å². The molecule has 1 atom stereocenters. The van der Waals surface area contributed by atoms with Gasteiger partial charge in [0.2, 0.25) is 0 Å². The Kier molecular flexibility index (Phi) is 5.93. The highest BCUT2D eigenvalue weighted by Crippen LogP contribution is 2.17. The lowest BCUT2D eigenvalue weighted by Gasteiger charge is -2.10. The number of rotatable bonds is 6. The zero-order chi connectivity index (χ0) is 11.1. The lowest BCUT2D eigenvalue weighted by molar-refractivity contribution is -0.140. The van der Waals surface area contributed by atoms with Crippen LogP contribution in [0, 0.1) is 5.92 Å². The van der Waals surface area contributed by atoms with E-state index in [-0.39, 0.29) is 5.92 Å². The van der Waals surface area contributed by atoms with E-state index >= 15 is 0 Å². The first-order chi connectivity index (χ1) is 6.45. The van der Waals surface area contributed by atoms with Crippen molar-refractivity contribution in [2.75, 3.05) is 0 Å². The maximum absolute atomic E-state index is 10.8. The molecule has 0 amide bonds. The minimum atomic E-state index is -0.755. The van der Waals surface area contributed by atoms with Crippen LogP contribution in [0.25, 0.3) is 0 Å². The minimum Gasteiger partial charge on any atom is -0.481 e. The second kappa shape index (κ2) is 6.41. The molecule has 0 fully saturated rings. The van der Waals surface area contributed by atoms with Crippen molar-refractivity contribution in [3.05, 3.63) is 23.8 Å². The molecule has 0 heterocycles. The van der Waals surface area contributed by atoms with E-state index in [1.807, 2.05) is 13.8 Å². The highest BCUT2D eigenvalue weighted by Gasteiger charge is 2.16. The van der Waals surface area contributed by atoms with Gasteiger partial charge < -0.3 is 5.11 Å². The molecule has 1 N–H and O–H groups in total. The number of aliphatic carboxylic acids is 1. The van der Waals surface area contributed by atoms with E-state index in [4.69, 9.17) is 5.11 Å².